The largest absolute Gasteiger partial charge is 0.416 e. The molecule has 0 aliphatic carbocycles. The fraction of sp³-hybridized carbons (Fsp3) is 0.219. The molecule has 43 heavy (non-hydrogen) atoms. The molecule has 6 nitrogen and oxygen atoms in total. The van der Waals surface area contributed by atoms with Gasteiger partial charge in [0.05, 0.1) is 22.3 Å². The van der Waals surface area contributed by atoms with Crippen molar-refractivity contribution in [3.63, 3.8) is 0 Å². The molecular weight excluding hydrogens is 599 g/mol. The van der Waals surface area contributed by atoms with E-state index < -0.39 is 23.6 Å². The minimum Gasteiger partial charge on any atom is -0.369 e. The summed E-state index contributed by atoms with van der Waals surface area (Å²) in [4.78, 5) is 46.8. The highest BCUT2D eigenvalue weighted by molar-refractivity contribution is 7.17. The fourth-order valence-electron chi connectivity index (χ4n) is 5.53. The van der Waals surface area contributed by atoms with Gasteiger partial charge < -0.3 is 4.90 Å². The van der Waals surface area contributed by atoms with Crippen molar-refractivity contribution in [3.8, 4) is 0 Å². The van der Waals surface area contributed by atoms with Gasteiger partial charge in [-0.05, 0) is 67.1 Å². The Labute approximate surface area is 254 Å². The molecule has 1 fully saturated rings. The summed E-state index contributed by atoms with van der Waals surface area (Å²) in [6.45, 7) is 4.31. The van der Waals surface area contributed by atoms with E-state index in [1.807, 2.05) is 11.8 Å². The number of ketones is 1. The zero-order valence-corrected chi connectivity index (χ0v) is 24.5. The van der Waals surface area contributed by atoms with Crippen molar-refractivity contribution < 1.29 is 27.6 Å². The van der Waals surface area contributed by atoms with E-state index in [-0.39, 0.29) is 21.9 Å². The first-order valence-electron chi connectivity index (χ1n) is 13.6. The van der Waals surface area contributed by atoms with Crippen LogP contribution in [0, 0.1) is 6.92 Å². The van der Waals surface area contributed by atoms with Gasteiger partial charge in [-0.2, -0.15) is 13.2 Å². The summed E-state index contributed by atoms with van der Waals surface area (Å²) in [6, 6.07) is 18.3. The number of anilines is 2. The maximum atomic E-state index is 14.0. The van der Waals surface area contributed by atoms with Gasteiger partial charge in [0, 0.05) is 53.9 Å². The first-order valence-corrected chi connectivity index (χ1v) is 14.8. The third-order valence-corrected chi connectivity index (χ3v) is 9.20. The van der Waals surface area contributed by atoms with Crippen LogP contribution < -0.4 is 9.80 Å². The Hall–Kier alpha value is -3.99. The average molecular weight is 624 g/mol. The van der Waals surface area contributed by atoms with Gasteiger partial charge >= 0.3 is 6.18 Å². The highest BCUT2D eigenvalue weighted by Gasteiger charge is 2.41. The smallest absolute Gasteiger partial charge is 0.369 e. The monoisotopic (exact) mass is 623 g/mol. The molecule has 0 bridgehead atoms. The number of imide groups is 1. The van der Waals surface area contributed by atoms with Crippen LogP contribution in [0.25, 0.3) is 0 Å². The van der Waals surface area contributed by atoms with Crippen LogP contribution in [0.15, 0.2) is 72.8 Å². The SMILES string of the molecule is Cc1sc(N2C(=O)c3ccccc3C2=O)c(C(=O)c2ccc(Cl)cc2)c1CN1CCN(c2cccc(C(F)(F)F)c2)CC1. The number of nitrogens with zero attached hydrogens (tertiary/aromatic N) is 3. The van der Waals surface area contributed by atoms with Crippen LogP contribution >= 0.6 is 22.9 Å². The van der Waals surface area contributed by atoms with E-state index in [4.69, 9.17) is 11.6 Å². The summed E-state index contributed by atoms with van der Waals surface area (Å²) in [5.74, 6) is -1.29. The van der Waals surface area contributed by atoms with E-state index in [9.17, 15) is 27.6 Å². The molecule has 2 amide bonds. The Balaban J connectivity index is 1.31. The lowest BCUT2D eigenvalue weighted by molar-refractivity contribution is -0.137. The lowest BCUT2D eigenvalue weighted by Gasteiger charge is -2.36. The average Bonchev–Trinajstić information content (AvgIpc) is 3.44. The maximum Gasteiger partial charge on any atom is 0.416 e. The summed E-state index contributed by atoms with van der Waals surface area (Å²) in [6.07, 6.45) is -4.42. The number of benzene rings is 3. The molecule has 2 aliphatic heterocycles. The van der Waals surface area contributed by atoms with Crippen molar-refractivity contribution in [1.29, 1.82) is 0 Å². The number of fused-ring (bicyclic) bond motifs is 1. The number of rotatable bonds is 6. The van der Waals surface area contributed by atoms with Gasteiger partial charge in [0.15, 0.2) is 5.78 Å². The Morgan fingerprint density at radius 2 is 1.51 bits per heavy atom. The topological polar surface area (TPSA) is 60.9 Å². The number of hydrogen-bond donors (Lipinski definition) is 0. The van der Waals surface area contributed by atoms with E-state index in [2.05, 4.69) is 4.90 Å². The highest BCUT2D eigenvalue weighted by atomic mass is 35.5. The molecule has 0 spiro atoms. The van der Waals surface area contributed by atoms with E-state index in [0.717, 1.165) is 21.9 Å². The summed E-state index contributed by atoms with van der Waals surface area (Å²) in [5.41, 5.74) is 1.77. The minimum absolute atomic E-state index is 0.279. The van der Waals surface area contributed by atoms with Crippen molar-refractivity contribution in [1.82, 2.24) is 4.90 Å². The van der Waals surface area contributed by atoms with Crippen LogP contribution in [-0.4, -0.2) is 48.7 Å². The van der Waals surface area contributed by atoms with Gasteiger partial charge in [-0.1, -0.05) is 29.8 Å². The van der Waals surface area contributed by atoms with Crippen molar-refractivity contribution >= 4 is 51.2 Å². The van der Waals surface area contributed by atoms with E-state index in [0.29, 0.717) is 60.1 Å². The van der Waals surface area contributed by atoms with E-state index >= 15 is 0 Å². The van der Waals surface area contributed by atoms with Gasteiger partial charge in [-0.15, -0.1) is 11.3 Å². The van der Waals surface area contributed by atoms with Crippen molar-refractivity contribution in [2.45, 2.75) is 19.6 Å². The highest BCUT2D eigenvalue weighted by Crippen LogP contribution is 2.42. The van der Waals surface area contributed by atoms with Crippen molar-refractivity contribution in [2.24, 2.45) is 0 Å². The molecule has 11 heteroatoms. The minimum atomic E-state index is -4.42. The number of thiophene rings is 1. The second kappa shape index (κ2) is 11.3. The number of halogens is 4. The molecular formula is C32H25ClF3N3O3S. The molecule has 0 saturated carbocycles. The third-order valence-electron chi connectivity index (χ3n) is 7.81. The zero-order chi connectivity index (χ0) is 30.5. The Morgan fingerprint density at radius 3 is 2.12 bits per heavy atom. The molecule has 3 heterocycles. The van der Waals surface area contributed by atoms with Crippen LogP contribution in [-0.2, 0) is 12.7 Å². The molecule has 0 N–H and O–H groups in total. The standard InChI is InChI=1S/C32H25ClF3N3O3S/c1-19-26(18-37-13-15-38(16-14-37)23-6-4-5-21(17-23)32(34,35)36)27(28(40)20-9-11-22(33)12-10-20)31(43-19)39-29(41)24-7-2-3-8-25(24)30(39)42/h2-12,17H,13-16,18H2,1H3. The van der Waals surface area contributed by atoms with Crippen LogP contribution in [0.5, 0.6) is 0 Å². The summed E-state index contributed by atoms with van der Waals surface area (Å²) in [7, 11) is 0. The Kier molecular flexibility index (Phi) is 7.62. The quantitative estimate of drug-likeness (QED) is 0.170. The molecule has 6 rings (SSSR count). The maximum absolute atomic E-state index is 14.0. The third kappa shape index (κ3) is 5.46. The number of carbonyl (C=O) groups is 3. The zero-order valence-electron chi connectivity index (χ0n) is 23.0. The molecule has 3 aromatic carbocycles. The van der Waals surface area contributed by atoms with E-state index in [1.165, 1.54) is 17.4 Å². The van der Waals surface area contributed by atoms with Crippen LogP contribution in [0.1, 0.15) is 52.6 Å². The molecule has 2 aliphatic rings. The van der Waals surface area contributed by atoms with Crippen LogP contribution in [0.3, 0.4) is 0 Å². The van der Waals surface area contributed by atoms with Gasteiger partial charge in [0.2, 0.25) is 0 Å². The second-order valence-electron chi connectivity index (χ2n) is 10.5. The number of amides is 2. The molecule has 1 aromatic heterocycles. The summed E-state index contributed by atoms with van der Waals surface area (Å²) < 4.78 is 39.8. The lowest BCUT2D eigenvalue weighted by atomic mass is 9.99. The molecule has 4 aromatic rings. The van der Waals surface area contributed by atoms with Gasteiger partial charge in [-0.25, -0.2) is 4.90 Å². The number of alkyl halides is 3. The molecule has 0 radical (unpaired) electrons. The molecule has 0 atom stereocenters. The molecule has 220 valence electrons. The van der Waals surface area contributed by atoms with Crippen LogP contribution in [0.2, 0.25) is 5.02 Å². The predicted molar refractivity (Wildman–Crippen MR) is 160 cm³/mol. The van der Waals surface area contributed by atoms with Gasteiger partial charge in [0.1, 0.15) is 5.00 Å². The van der Waals surface area contributed by atoms with Crippen molar-refractivity contribution in [3.05, 3.63) is 116 Å². The normalized spacial score (nSPS) is 15.7. The van der Waals surface area contributed by atoms with Gasteiger partial charge in [0.25, 0.3) is 11.8 Å². The number of carbonyl (C=O) groups excluding carboxylic acids is 3. The second-order valence-corrected chi connectivity index (χ2v) is 12.1. The number of piperazine rings is 1. The first-order chi connectivity index (χ1) is 20.5. The lowest BCUT2D eigenvalue weighted by Crippen LogP contribution is -2.46. The number of aryl methyl sites for hydroxylation is 1. The number of hydrogen-bond acceptors (Lipinski definition) is 6. The Morgan fingerprint density at radius 1 is 0.884 bits per heavy atom. The van der Waals surface area contributed by atoms with Gasteiger partial charge in [-0.3, -0.25) is 19.3 Å². The Bertz CT molecular complexity index is 1710. The predicted octanol–water partition coefficient (Wildman–Crippen LogP) is 7.08. The van der Waals surface area contributed by atoms with Crippen molar-refractivity contribution in [2.75, 3.05) is 36.0 Å². The van der Waals surface area contributed by atoms with E-state index in [1.54, 1.807) is 54.6 Å². The summed E-state index contributed by atoms with van der Waals surface area (Å²) in [5, 5.41) is 0.749. The summed E-state index contributed by atoms with van der Waals surface area (Å²) >= 11 is 7.29. The molecule has 0 unspecified atom stereocenters. The van der Waals surface area contributed by atoms with Crippen LogP contribution in [0.4, 0.5) is 23.9 Å². The molecule has 1 saturated heterocycles. The first kappa shape index (κ1) is 29.1. The fourth-order valence-corrected chi connectivity index (χ4v) is 6.81.